The molecule has 134 valence electrons. The summed E-state index contributed by atoms with van der Waals surface area (Å²) in [6.07, 6.45) is 6.57. The highest BCUT2D eigenvalue weighted by atomic mass is 32.1. The molecule has 0 aromatic carbocycles. The largest absolute Gasteiger partial charge is 0.383 e. The highest BCUT2D eigenvalue weighted by Crippen LogP contribution is 2.36. The van der Waals surface area contributed by atoms with Crippen molar-refractivity contribution in [3.05, 3.63) is 41.3 Å². The van der Waals surface area contributed by atoms with Crippen LogP contribution in [-0.4, -0.2) is 57.5 Å². The quantitative estimate of drug-likeness (QED) is 0.759. The van der Waals surface area contributed by atoms with Crippen molar-refractivity contribution in [1.29, 1.82) is 0 Å². The van der Waals surface area contributed by atoms with Gasteiger partial charge in [-0.2, -0.15) is 0 Å². The molecule has 1 saturated heterocycles. The first-order valence-corrected chi connectivity index (χ1v) is 9.51. The number of fused-ring (bicyclic) bond motifs is 2. The summed E-state index contributed by atoms with van der Waals surface area (Å²) in [7, 11) is 1.71. The molecule has 5 rings (SSSR count). The second kappa shape index (κ2) is 6.15. The molecular weight excluding hydrogens is 350 g/mol. The minimum Gasteiger partial charge on any atom is -0.383 e. The van der Waals surface area contributed by atoms with Gasteiger partial charge in [-0.1, -0.05) is 0 Å². The van der Waals surface area contributed by atoms with Crippen LogP contribution in [0.3, 0.4) is 0 Å². The van der Waals surface area contributed by atoms with Crippen LogP contribution >= 0.6 is 11.3 Å². The summed E-state index contributed by atoms with van der Waals surface area (Å²) in [5.41, 5.74) is 2.73. The zero-order valence-electron chi connectivity index (χ0n) is 14.4. The van der Waals surface area contributed by atoms with Gasteiger partial charge in [0.2, 0.25) is 0 Å². The summed E-state index contributed by atoms with van der Waals surface area (Å²) in [6.45, 7) is 2.08. The number of imidazole rings is 1. The minimum absolute atomic E-state index is 0.101. The third-order valence-electron chi connectivity index (χ3n) is 5.13. The van der Waals surface area contributed by atoms with Crippen molar-refractivity contribution in [2.45, 2.75) is 25.0 Å². The Morgan fingerprint density at radius 3 is 3.19 bits per heavy atom. The SMILES string of the molecule is COC[C@@H]1C[C@@H](N2Cc3nc(-c4cccn5ccnc45)sc3C2=O)CN1. The maximum absolute atomic E-state index is 12.9. The van der Waals surface area contributed by atoms with E-state index < -0.39 is 0 Å². The number of pyridine rings is 1. The number of nitrogens with zero attached hydrogens (tertiary/aromatic N) is 4. The van der Waals surface area contributed by atoms with E-state index in [9.17, 15) is 4.79 Å². The monoisotopic (exact) mass is 369 g/mol. The standard InChI is InChI=1S/C18H19N5O2S/c1-25-10-11-7-12(8-20-11)23-9-14-15(18(23)24)26-17(21-14)13-3-2-5-22-6-4-19-16(13)22/h2-6,11-12,20H,7-10H2,1H3/t11-,12+/m0/s1. The molecule has 2 aliphatic rings. The lowest BCUT2D eigenvalue weighted by Gasteiger charge is -2.23. The van der Waals surface area contributed by atoms with Crippen LogP contribution < -0.4 is 5.32 Å². The van der Waals surface area contributed by atoms with Crippen LogP contribution in [0.15, 0.2) is 30.7 Å². The van der Waals surface area contributed by atoms with Crippen molar-refractivity contribution < 1.29 is 9.53 Å². The van der Waals surface area contributed by atoms with Crippen molar-refractivity contribution in [2.75, 3.05) is 20.3 Å². The molecule has 26 heavy (non-hydrogen) atoms. The van der Waals surface area contributed by atoms with E-state index in [4.69, 9.17) is 9.72 Å². The number of carbonyl (C=O) groups is 1. The number of thiazole rings is 1. The van der Waals surface area contributed by atoms with Gasteiger partial charge < -0.3 is 19.4 Å². The number of carbonyl (C=O) groups excluding carboxylic acids is 1. The third kappa shape index (κ3) is 2.45. The highest BCUT2D eigenvalue weighted by molar-refractivity contribution is 7.17. The van der Waals surface area contributed by atoms with Gasteiger partial charge in [-0.05, 0) is 18.6 Å². The summed E-state index contributed by atoms with van der Waals surface area (Å²) in [6, 6.07) is 4.51. The normalized spacial score (nSPS) is 22.5. The first kappa shape index (κ1) is 15.9. The Labute approximate surface area is 154 Å². The lowest BCUT2D eigenvalue weighted by Crippen LogP contribution is -2.36. The van der Waals surface area contributed by atoms with Crippen LogP contribution in [0.25, 0.3) is 16.2 Å². The van der Waals surface area contributed by atoms with Gasteiger partial charge in [0.25, 0.3) is 5.91 Å². The second-order valence-corrected chi connectivity index (χ2v) is 7.76. The fraction of sp³-hybridized carbons (Fsp3) is 0.389. The molecule has 0 unspecified atom stereocenters. The molecule has 0 aliphatic carbocycles. The van der Waals surface area contributed by atoms with Crippen molar-refractivity contribution in [3.63, 3.8) is 0 Å². The van der Waals surface area contributed by atoms with Gasteiger partial charge >= 0.3 is 0 Å². The maximum atomic E-state index is 12.9. The molecule has 7 nitrogen and oxygen atoms in total. The molecule has 0 spiro atoms. The number of hydrogen-bond donors (Lipinski definition) is 1. The fourth-order valence-electron chi connectivity index (χ4n) is 3.88. The van der Waals surface area contributed by atoms with Gasteiger partial charge in [0.05, 0.1) is 24.4 Å². The second-order valence-electron chi connectivity index (χ2n) is 6.76. The summed E-state index contributed by atoms with van der Waals surface area (Å²) >= 11 is 1.47. The van der Waals surface area contributed by atoms with Crippen molar-refractivity contribution in [1.82, 2.24) is 24.6 Å². The molecule has 8 heteroatoms. The smallest absolute Gasteiger partial charge is 0.266 e. The Balaban J connectivity index is 1.41. The van der Waals surface area contributed by atoms with Crippen LogP contribution in [0.1, 0.15) is 21.8 Å². The number of methoxy groups -OCH3 is 1. The zero-order valence-corrected chi connectivity index (χ0v) is 15.2. The fourth-order valence-corrected chi connectivity index (χ4v) is 4.93. The molecule has 1 N–H and O–H groups in total. The number of hydrogen-bond acceptors (Lipinski definition) is 6. The summed E-state index contributed by atoms with van der Waals surface area (Å²) < 4.78 is 7.19. The third-order valence-corrected chi connectivity index (χ3v) is 6.25. The lowest BCUT2D eigenvalue weighted by molar-refractivity contribution is 0.0714. The molecule has 2 aliphatic heterocycles. The molecule has 3 aromatic rings. The maximum Gasteiger partial charge on any atom is 0.266 e. The van der Waals surface area contributed by atoms with Gasteiger partial charge in [0.1, 0.15) is 15.5 Å². The molecule has 3 aromatic heterocycles. The summed E-state index contributed by atoms with van der Waals surface area (Å²) in [5, 5.41) is 4.29. The Morgan fingerprint density at radius 2 is 2.35 bits per heavy atom. The predicted octanol–water partition coefficient (Wildman–Crippen LogP) is 1.79. The predicted molar refractivity (Wildman–Crippen MR) is 98.2 cm³/mol. The Kier molecular flexibility index (Phi) is 3.77. The Hall–Kier alpha value is -2.29. The lowest BCUT2D eigenvalue weighted by atomic mass is 10.1. The van der Waals surface area contributed by atoms with Crippen LogP contribution in [0, 0.1) is 0 Å². The van der Waals surface area contributed by atoms with Crippen molar-refractivity contribution in [3.8, 4) is 10.6 Å². The Bertz CT molecular complexity index is 981. The number of amides is 1. The highest BCUT2D eigenvalue weighted by Gasteiger charge is 2.39. The van der Waals surface area contributed by atoms with E-state index in [1.807, 2.05) is 33.8 Å². The topological polar surface area (TPSA) is 71.8 Å². The number of rotatable bonds is 4. The van der Waals surface area contributed by atoms with E-state index in [2.05, 4.69) is 10.3 Å². The van der Waals surface area contributed by atoms with Gasteiger partial charge in [0.15, 0.2) is 0 Å². The van der Waals surface area contributed by atoms with Gasteiger partial charge in [-0.15, -0.1) is 11.3 Å². The van der Waals surface area contributed by atoms with E-state index in [-0.39, 0.29) is 11.9 Å². The molecule has 1 amide bonds. The molecule has 0 bridgehead atoms. The van der Waals surface area contributed by atoms with Crippen LogP contribution in [0.5, 0.6) is 0 Å². The van der Waals surface area contributed by atoms with E-state index in [0.717, 1.165) is 39.8 Å². The first-order chi connectivity index (χ1) is 12.7. The average Bonchev–Trinajstić information content (AvgIpc) is 3.39. The number of aromatic nitrogens is 3. The van der Waals surface area contributed by atoms with E-state index in [1.165, 1.54) is 11.3 Å². The Morgan fingerprint density at radius 1 is 1.42 bits per heavy atom. The zero-order chi connectivity index (χ0) is 17.7. The molecule has 0 saturated carbocycles. The van der Waals surface area contributed by atoms with Gasteiger partial charge in [-0.25, -0.2) is 9.97 Å². The average molecular weight is 369 g/mol. The van der Waals surface area contributed by atoms with E-state index >= 15 is 0 Å². The van der Waals surface area contributed by atoms with Crippen LogP contribution in [-0.2, 0) is 11.3 Å². The van der Waals surface area contributed by atoms with Gasteiger partial charge in [0, 0.05) is 44.3 Å². The summed E-state index contributed by atoms with van der Waals surface area (Å²) in [5.74, 6) is 0.101. The number of nitrogens with one attached hydrogen (secondary N) is 1. The van der Waals surface area contributed by atoms with Crippen LogP contribution in [0.2, 0.25) is 0 Å². The van der Waals surface area contributed by atoms with Crippen molar-refractivity contribution >= 4 is 22.9 Å². The van der Waals surface area contributed by atoms with E-state index in [0.29, 0.717) is 19.2 Å². The first-order valence-electron chi connectivity index (χ1n) is 8.69. The van der Waals surface area contributed by atoms with E-state index in [1.54, 1.807) is 13.3 Å². The minimum atomic E-state index is 0.101. The van der Waals surface area contributed by atoms with Crippen molar-refractivity contribution in [2.24, 2.45) is 0 Å². The van der Waals surface area contributed by atoms with Gasteiger partial charge in [-0.3, -0.25) is 4.79 Å². The molecule has 1 fully saturated rings. The molecule has 2 atom stereocenters. The molecule has 5 heterocycles. The van der Waals surface area contributed by atoms with Crippen LogP contribution in [0.4, 0.5) is 0 Å². The molecular formula is C18H19N5O2S. The number of ether oxygens (including phenoxy) is 1. The molecule has 0 radical (unpaired) electrons. The summed E-state index contributed by atoms with van der Waals surface area (Å²) in [4.78, 5) is 24.8.